The summed E-state index contributed by atoms with van der Waals surface area (Å²) in [6.45, 7) is 4.54. The Bertz CT molecular complexity index is 990. The molecule has 28 heavy (non-hydrogen) atoms. The van der Waals surface area contributed by atoms with Gasteiger partial charge in [-0.1, -0.05) is 35.9 Å². The van der Waals surface area contributed by atoms with Crippen LogP contribution >= 0.6 is 11.6 Å². The number of benzene rings is 2. The lowest BCUT2D eigenvalue weighted by Gasteiger charge is -2.12. The predicted octanol–water partition coefficient (Wildman–Crippen LogP) is 4.62. The lowest BCUT2D eigenvalue weighted by Crippen LogP contribution is -2.15. The zero-order valence-electron chi connectivity index (χ0n) is 15.9. The molecule has 0 radical (unpaired) electrons. The number of halogens is 1. The van der Waals surface area contributed by atoms with Crippen molar-refractivity contribution in [2.24, 2.45) is 0 Å². The first kappa shape index (κ1) is 19.6. The molecule has 2 aromatic carbocycles. The third-order valence-electron chi connectivity index (χ3n) is 4.33. The molecule has 2 N–H and O–H groups in total. The number of carbonyl (C=O) groups is 1. The number of nitrogens with zero attached hydrogens (tertiary/aromatic N) is 2. The number of methoxy groups -OCH3 is 1. The van der Waals surface area contributed by atoms with Gasteiger partial charge in [-0.05, 0) is 36.6 Å². The summed E-state index contributed by atoms with van der Waals surface area (Å²) in [4.78, 5) is 21.0. The molecule has 1 aromatic heterocycles. The van der Waals surface area contributed by atoms with Gasteiger partial charge in [0.2, 0.25) is 0 Å². The second-order valence-electron chi connectivity index (χ2n) is 6.32. The average molecular weight is 397 g/mol. The van der Waals surface area contributed by atoms with Crippen LogP contribution in [0.2, 0.25) is 5.02 Å². The highest BCUT2D eigenvalue weighted by Crippen LogP contribution is 2.31. The molecule has 3 rings (SSSR count). The van der Waals surface area contributed by atoms with E-state index in [4.69, 9.17) is 16.3 Å². The number of rotatable bonds is 6. The molecule has 3 aromatic rings. The van der Waals surface area contributed by atoms with Crippen LogP contribution in [0.4, 0.5) is 11.5 Å². The van der Waals surface area contributed by atoms with Crippen molar-refractivity contribution in [3.8, 4) is 5.75 Å². The average Bonchev–Trinajstić information content (AvgIpc) is 2.70. The Hall–Kier alpha value is -3.12. The van der Waals surface area contributed by atoms with E-state index in [1.54, 1.807) is 12.1 Å². The lowest BCUT2D eigenvalue weighted by atomic mass is 10.1. The molecular weight excluding hydrogens is 376 g/mol. The molecule has 0 unspecified atom stereocenters. The van der Waals surface area contributed by atoms with Gasteiger partial charge in [0.25, 0.3) is 5.91 Å². The number of ether oxygens (including phenoxy) is 1. The third kappa shape index (κ3) is 4.58. The number of carbonyl (C=O) groups excluding carboxylic acids is 1. The minimum absolute atomic E-state index is 0.205. The van der Waals surface area contributed by atoms with E-state index in [0.717, 1.165) is 5.56 Å². The van der Waals surface area contributed by atoms with Gasteiger partial charge in [-0.25, -0.2) is 9.97 Å². The highest BCUT2D eigenvalue weighted by molar-refractivity contribution is 6.31. The molecule has 0 saturated heterocycles. The second kappa shape index (κ2) is 8.71. The van der Waals surface area contributed by atoms with Gasteiger partial charge in [-0.2, -0.15) is 0 Å². The Balaban J connectivity index is 1.67. The van der Waals surface area contributed by atoms with Crippen molar-refractivity contribution in [3.63, 3.8) is 0 Å². The monoisotopic (exact) mass is 396 g/mol. The number of amides is 1. The Kier molecular flexibility index (Phi) is 6.11. The largest absolute Gasteiger partial charge is 0.495 e. The van der Waals surface area contributed by atoms with Gasteiger partial charge in [0.1, 0.15) is 17.3 Å². The molecule has 6 nitrogen and oxygen atoms in total. The first-order valence-corrected chi connectivity index (χ1v) is 9.11. The fourth-order valence-electron chi connectivity index (χ4n) is 2.65. The number of nitrogens with one attached hydrogen (secondary N) is 2. The van der Waals surface area contributed by atoms with Crippen molar-refractivity contribution >= 4 is 29.0 Å². The van der Waals surface area contributed by atoms with Crippen molar-refractivity contribution in [1.82, 2.24) is 9.97 Å². The predicted molar refractivity (Wildman–Crippen MR) is 111 cm³/mol. The highest BCUT2D eigenvalue weighted by Gasteiger charge is 2.13. The molecule has 1 amide bonds. The van der Waals surface area contributed by atoms with Gasteiger partial charge in [-0.15, -0.1) is 0 Å². The van der Waals surface area contributed by atoms with E-state index in [1.807, 2.05) is 19.1 Å². The summed E-state index contributed by atoms with van der Waals surface area (Å²) in [5.74, 6) is 0.700. The third-order valence-corrected chi connectivity index (χ3v) is 4.74. The summed E-state index contributed by atoms with van der Waals surface area (Å²) in [6.07, 6.45) is 2.97. The summed E-state index contributed by atoms with van der Waals surface area (Å²) in [5.41, 5.74) is 3.94. The van der Waals surface area contributed by atoms with Crippen LogP contribution in [0.25, 0.3) is 0 Å². The smallest absolute Gasteiger partial charge is 0.275 e. The molecule has 144 valence electrons. The SMILES string of the molecule is COc1cc(Cl)c(C)cc1NC(=O)c1cnc(NCc2ccccc2C)cn1. The Morgan fingerprint density at radius 1 is 1.11 bits per heavy atom. The number of hydrogen-bond acceptors (Lipinski definition) is 5. The van der Waals surface area contributed by atoms with E-state index in [0.29, 0.717) is 28.8 Å². The van der Waals surface area contributed by atoms with Crippen LogP contribution in [0.15, 0.2) is 48.8 Å². The molecule has 0 aliphatic rings. The molecular formula is C21H21ClN4O2. The summed E-state index contributed by atoms with van der Waals surface area (Å²) in [6, 6.07) is 11.5. The Morgan fingerprint density at radius 2 is 1.89 bits per heavy atom. The van der Waals surface area contributed by atoms with Gasteiger partial charge in [0, 0.05) is 17.6 Å². The molecule has 1 heterocycles. The van der Waals surface area contributed by atoms with Gasteiger partial charge in [-0.3, -0.25) is 4.79 Å². The van der Waals surface area contributed by atoms with E-state index < -0.39 is 0 Å². The lowest BCUT2D eigenvalue weighted by molar-refractivity contribution is 0.102. The van der Waals surface area contributed by atoms with E-state index in [2.05, 4.69) is 39.7 Å². The standard InChI is InChI=1S/C21H21ClN4O2/c1-13-6-4-5-7-15(13)10-24-20-12-23-18(11-25-20)21(27)26-17-8-14(2)16(22)9-19(17)28-3/h4-9,11-12H,10H2,1-3H3,(H,24,25)(H,26,27). The van der Waals surface area contributed by atoms with Crippen LogP contribution < -0.4 is 15.4 Å². The van der Waals surface area contributed by atoms with Crippen LogP contribution in [0.3, 0.4) is 0 Å². The van der Waals surface area contributed by atoms with E-state index in [9.17, 15) is 4.79 Å². The van der Waals surface area contributed by atoms with Crippen molar-refractivity contribution in [3.05, 3.63) is 76.2 Å². The van der Waals surface area contributed by atoms with Gasteiger partial charge < -0.3 is 15.4 Å². The molecule has 0 fully saturated rings. The van der Waals surface area contributed by atoms with Crippen molar-refractivity contribution < 1.29 is 9.53 Å². The van der Waals surface area contributed by atoms with Gasteiger partial charge >= 0.3 is 0 Å². The highest BCUT2D eigenvalue weighted by atomic mass is 35.5. The summed E-state index contributed by atoms with van der Waals surface area (Å²) in [5, 5.41) is 6.56. The maximum Gasteiger partial charge on any atom is 0.275 e. The Labute approximate surface area is 168 Å². The normalized spacial score (nSPS) is 10.4. The molecule has 0 bridgehead atoms. The quantitative estimate of drug-likeness (QED) is 0.635. The fraction of sp³-hybridized carbons (Fsp3) is 0.190. The molecule has 0 saturated carbocycles. The van der Waals surface area contributed by atoms with Crippen LogP contribution in [0, 0.1) is 13.8 Å². The molecule has 0 atom stereocenters. The van der Waals surface area contributed by atoms with Crippen molar-refractivity contribution in [2.45, 2.75) is 20.4 Å². The topological polar surface area (TPSA) is 76.1 Å². The summed E-state index contributed by atoms with van der Waals surface area (Å²) >= 11 is 6.10. The van der Waals surface area contributed by atoms with Gasteiger partial charge in [0.15, 0.2) is 0 Å². The zero-order valence-corrected chi connectivity index (χ0v) is 16.7. The van der Waals surface area contributed by atoms with Crippen molar-refractivity contribution in [1.29, 1.82) is 0 Å². The number of aromatic nitrogens is 2. The number of hydrogen-bond donors (Lipinski definition) is 2. The van der Waals surface area contributed by atoms with Crippen LogP contribution in [0.5, 0.6) is 5.75 Å². The first-order chi connectivity index (χ1) is 13.5. The maximum absolute atomic E-state index is 12.5. The fourth-order valence-corrected chi connectivity index (χ4v) is 2.80. The summed E-state index contributed by atoms with van der Waals surface area (Å²) < 4.78 is 5.28. The van der Waals surface area contributed by atoms with E-state index >= 15 is 0 Å². The zero-order chi connectivity index (χ0) is 20.1. The molecule has 0 aliphatic heterocycles. The van der Waals surface area contributed by atoms with Crippen LogP contribution in [-0.4, -0.2) is 23.0 Å². The van der Waals surface area contributed by atoms with Crippen LogP contribution in [0.1, 0.15) is 27.2 Å². The first-order valence-electron chi connectivity index (χ1n) is 8.74. The minimum atomic E-state index is -0.377. The maximum atomic E-state index is 12.5. The van der Waals surface area contributed by atoms with Crippen LogP contribution in [-0.2, 0) is 6.54 Å². The van der Waals surface area contributed by atoms with E-state index in [1.165, 1.54) is 30.6 Å². The van der Waals surface area contributed by atoms with Crippen molar-refractivity contribution in [2.75, 3.05) is 17.7 Å². The van der Waals surface area contributed by atoms with E-state index in [-0.39, 0.29) is 11.6 Å². The molecule has 7 heteroatoms. The second-order valence-corrected chi connectivity index (χ2v) is 6.73. The summed E-state index contributed by atoms with van der Waals surface area (Å²) in [7, 11) is 1.52. The number of aryl methyl sites for hydroxylation is 2. The van der Waals surface area contributed by atoms with Gasteiger partial charge in [0.05, 0.1) is 25.2 Å². The molecule has 0 aliphatic carbocycles. The molecule has 0 spiro atoms. The Morgan fingerprint density at radius 3 is 2.57 bits per heavy atom. The minimum Gasteiger partial charge on any atom is -0.495 e. The number of anilines is 2.